The number of terminal acetylenes is 1. The summed E-state index contributed by atoms with van der Waals surface area (Å²) in [6.07, 6.45) is 21.3. The maximum atomic E-state index is 13.4. The van der Waals surface area contributed by atoms with Crippen molar-refractivity contribution in [2.75, 3.05) is 26.2 Å². The molecule has 1 saturated heterocycles. The molecule has 0 saturated carbocycles. The number of nitrogens with one attached hydrogen (secondary N) is 1. The molecule has 6 nitrogen and oxygen atoms in total. The minimum atomic E-state index is -0.450. The summed E-state index contributed by atoms with van der Waals surface area (Å²) in [5.41, 5.74) is 0.873. The van der Waals surface area contributed by atoms with E-state index in [1.807, 2.05) is 4.90 Å². The summed E-state index contributed by atoms with van der Waals surface area (Å²) in [5.74, 6) is 2.11. The molecular formula is C28H43N3O3. The van der Waals surface area contributed by atoms with Gasteiger partial charge in [0, 0.05) is 32.2 Å². The Morgan fingerprint density at radius 1 is 1.03 bits per heavy atom. The Labute approximate surface area is 206 Å². The number of amides is 1. The molecule has 0 bridgehead atoms. The molecule has 1 heterocycles. The SMILES string of the molecule is C#Cc1ccc(C(CCCCCCCCCCCCCC)C(=O)N2CCNCC2)cc1[N+](=O)[O-]. The summed E-state index contributed by atoms with van der Waals surface area (Å²) < 4.78 is 0. The Hall–Kier alpha value is -2.39. The van der Waals surface area contributed by atoms with E-state index in [0.717, 1.165) is 25.9 Å². The first-order chi connectivity index (χ1) is 16.6. The number of nitro groups is 1. The Morgan fingerprint density at radius 3 is 2.12 bits per heavy atom. The average Bonchev–Trinajstić information content (AvgIpc) is 2.86. The third-order valence-electron chi connectivity index (χ3n) is 6.85. The van der Waals surface area contributed by atoms with Gasteiger partial charge in [-0.1, -0.05) is 96.0 Å². The van der Waals surface area contributed by atoms with Crippen molar-refractivity contribution in [2.45, 2.75) is 96.3 Å². The first kappa shape index (κ1) is 27.9. The fourth-order valence-electron chi connectivity index (χ4n) is 4.77. The standard InChI is InChI=1S/C28H43N3O3/c1-3-5-6-7-8-9-10-11-12-13-14-15-16-26(28(32)30-21-19-29-20-22-30)25-18-17-24(4-2)27(23-25)31(33)34/h2,17-18,23,26,29H,3,5-16,19-22H2,1H3. The van der Waals surface area contributed by atoms with Crippen LogP contribution in [0.25, 0.3) is 0 Å². The van der Waals surface area contributed by atoms with E-state index in [-0.39, 0.29) is 23.1 Å². The topological polar surface area (TPSA) is 75.5 Å². The van der Waals surface area contributed by atoms with Gasteiger partial charge in [0.05, 0.1) is 10.8 Å². The van der Waals surface area contributed by atoms with E-state index >= 15 is 0 Å². The van der Waals surface area contributed by atoms with Gasteiger partial charge < -0.3 is 10.2 Å². The highest BCUT2D eigenvalue weighted by atomic mass is 16.6. The molecule has 1 unspecified atom stereocenters. The number of piperazine rings is 1. The van der Waals surface area contributed by atoms with E-state index in [1.165, 1.54) is 70.3 Å². The van der Waals surface area contributed by atoms with Crippen LogP contribution in [0.3, 0.4) is 0 Å². The van der Waals surface area contributed by atoms with Crippen LogP contribution in [0.5, 0.6) is 0 Å². The van der Waals surface area contributed by atoms with Crippen LogP contribution in [0.15, 0.2) is 18.2 Å². The molecule has 0 aromatic heterocycles. The third-order valence-corrected chi connectivity index (χ3v) is 6.85. The summed E-state index contributed by atoms with van der Waals surface area (Å²) in [5, 5.41) is 14.8. The van der Waals surface area contributed by atoms with Crippen LogP contribution >= 0.6 is 0 Å². The predicted octanol–water partition coefficient (Wildman–Crippen LogP) is 6.18. The number of unbranched alkanes of at least 4 members (excludes halogenated alkanes) is 11. The lowest BCUT2D eigenvalue weighted by Crippen LogP contribution is -2.48. The van der Waals surface area contributed by atoms with Crippen LogP contribution in [-0.2, 0) is 4.79 Å². The van der Waals surface area contributed by atoms with Gasteiger partial charge in [-0.3, -0.25) is 14.9 Å². The zero-order valence-corrected chi connectivity index (χ0v) is 21.0. The van der Waals surface area contributed by atoms with Crippen LogP contribution in [0.1, 0.15) is 107 Å². The Morgan fingerprint density at radius 2 is 1.59 bits per heavy atom. The summed E-state index contributed by atoms with van der Waals surface area (Å²) in [6, 6.07) is 4.92. The highest BCUT2D eigenvalue weighted by molar-refractivity contribution is 5.84. The minimum Gasteiger partial charge on any atom is -0.340 e. The average molecular weight is 470 g/mol. The van der Waals surface area contributed by atoms with Gasteiger partial charge >= 0.3 is 0 Å². The molecule has 1 N–H and O–H groups in total. The lowest BCUT2D eigenvalue weighted by atomic mass is 9.90. The maximum absolute atomic E-state index is 13.4. The first-order valence-corrected chi connectivity index (χ1v) is 13.3. The fraction of sp³-hybridized carbons (Fsp3) is 0.679. The molecule has 34 heavy (non-hydrogen) atoms. The van der Waals surface area contributed by atoms with Crippen LogP contribution in [-0.4, -0.2) is 41.9 Å². The van der Waals surface area contributed by atoms with Crippen LogP contribution in [0.4, 0.5) is 5.69 Å². The van der Waals surface area contributed by atoms with Crippen molar-refractivity contribution in [2.24, 2.45) is 0 Å². The number of nitro benzene ring substituents is 1. The molecule has 1 amide bonds. The lowest BCUT2D eigenvalue weighted by Gasteiger charge is -2.31. The Balaban J connectivity index is 1.86. The molecule has 188 valence electrons. The molecule has 1 aromatic rings. The molecule has 6 heteroatoms. The molecule has 1 aliphatic rings. The number of hydrogen-bond acceptors (Lipinski definition) is 4. The highest BCUT2D eigenvalue weighted by Gasteiger charge is 2.28. The number of benzene rings is 1. The maximum Gasteiger partial charge on any atom is 0.285 e. The molecule has 0 aliphatic carbocycles. The number of nitrogens with zero attached hydrogens (tertiary/aromatic N) is 2. The van der Waals surface area contributed by atoms with Crippen LogP contribution in [0.2, 0.25) is 0 Å². The van der Waals surface area contributed by atoms with Gasteiger partial charge in [0.1, 0.15) is 5.56 Å². The third kappa shape index (κ3) is 9.46. The molecule has 2 rings (SSSR count). The minimum absolute atomic E-state index is 0.0762. The van der Waals surface area contributed by atoms with Gasteiger partial charge in [0.2, 0.25) is 5.91 Å². The Bertz CT molecular complexity index is 797. The van der Waals surface area contributed by atoms with Gasteiger partial charge in [0.25, 0.3) is 5.69 Å². The summed E-state index contributed by atoms with van der Waals surface area (Å²) in [4.78, 5) is 26.3. The van der Waals surface area contributed by atoms with Crippen molar-refractivity contribution in [3.63, 3.8) is 0 Å². The number of rotatable bonds is 16. The number of carbonyl (C=O) groups excluding carboxylic acids is 1. The van der Waals surface area contributed by atoms with E-state index in [1.54, 1.807) is 12.1 Å². The van der Waals surface area contributed by atoms with Gasteiger partial charge in [-0.05, 0) is 18.1 Å². The normalized spacial score (nSPS) is 14.5. The Kier molecular flexibility index (Phi) is 13.3. The molecular weight excluding hydrogens is 426 g/mol. The van der Waals surface area contributed by atoms with Crippen LogP contribution in [0, 0.1) is 22.5 Å². The van der Waals surface area contributed by atoms with Crippen molar-refractivity contribution in [1.82, 2.24) is 10.2 Å². The summed E-state index contributed by atoms with van der Waals surface area (Å²) in [7, 11) is 0. The van der Waals surface area contributed by atoms with Crippen molar-refractivity contribution in [1.29, 1.82) is 0 Å². The van der Waals surface area contributed by atoms with Gasteiger partial charge in [-0.25, -0.2) is 0 Å². The van der Waals surface area contributed by atoms with Gasteiger partial charge in [-0.15, -0.1) is 6.42 Å². The molecule has 1 fully saturated rings. The zero-order chi connectivity index (χ0) is 24.6. The molecule has 1 atom stereocenters. The predicted molar refractivity (Wildman–Crippen MR) is 139 cm³/mol. The van der Waals surface area contributed by atoms with Gasteiger partial charge in [-0.2, -0.15) is 0 Å². The monoisotopic (exact) mass is 469 g/mol. The second kappa shape index (κ2) is 16.3. The smallest absolute Gasteiger partial charge is 0.285 e. The van der Waals surface area contributed by atoms with E-state index in [4.69, 9.17) is 6.42 Å². The largest absolute Gasteiger partial charge is 0.340 e. The van der Waals surface area contributed by atoms with Gasteiger partial charge in [0.15, 0.2) is 0 Å². The quantitative estimate of drug-likeness (QED) is 0.136. The van der Waals surface area contributed by atoms with Crippen molar-refractivity contribution in [3.8, 4) is 12.3 Å². The van der Waals surface area contributed by atoms with Crippen molar-refractivity contribution < 1.29 is 9.72 Å². The molecule has 1 aromatic carbocycles. The summed E-state index contributed by atoms with van der Waals surface area (Å²) >= 11 is 0. The van der Waals surface area contributed by atoms with Crippen LogP contribution < -0.4 is 5.32 Å². The molecule has 1 aliphatic heterocycles. The van der Waals surface area contributed by atoms with E-state index in [2.05, 4.69) is 18.2 Å². The number of hydrogen-bond donors (Lipinski definition) is 1. The zero-order valence-electron chi connectivity index (χ0n) is 21.0. The van der Waals surface area contributed by atoms with E-state index in [9.17, 15) is 14.9 Å². The first-order valence-electron chi connectivity index (χ1n) is 13.3. The van der Waals surface area contributed by atoms with E-state index < -0.39 is 4.92 Å². The van der Waals surface area contributed by atoms with Crippen molar-refractivity contribution >= 4 is 11.6 Å². The molecule has 0 spiro atoms. The highest BCUT2D eigenvalue weighted by Crippen LogP contribution is 2.30. The van der Waals surface area contributed by atoms with Crippen molar-refractivity contribution in [3.05, 3.63) is 39.4 Å². The lowest BCUT2D eigenvalue weighted by molar-refractivity contribution is -0.385. The summed E-state index contributed by atoms with van der Waals surface area (Å²) in [6.45, 7) is 5.18. The molecule has 0 radical (unpaired) electrons. The fourth-order valence-corrected chi connectivity index (χ4v) is 4.77. The van der Waals surface area contributed by atoms with E-state index in [0.29, 0.717) is 25.1 Å². The second-order valence-corrected chi connectivity index (χ2v) is 9.48. The number of carbonyl (C=O) groups is 1. The second-order valence-electron chi connectivity index (χ2n) is 9.48.